The van der Waals surface area contributed by atoms with E-state index in [1.165, 1.54) is 12.1 Å². The zero-order chi connectivity index (χ0) is 27.7. The number of hydrogen-bond donors (Lipinski definition) is 2. The minimum atomic E-state index is -2.55. The molecule has 8 heteroatoms. The largest absolute Gasteiger partial charge is 0.539 e. The molecule has 3 rings (SSSR count). The lowest BCUT2D eigenvalue weighted by molar-refractivity contribution is -0.0502. The van der Waals surface area contributed by atoms with Gasteiger partial charge in [0, 0.05) is 24.2 Å². The number of benzene rings is 2. The van der Waals surface area contributed by atoms with Crippen molar-refractivity contribution >= 4 is 19.9 Å². The van der Waals surface area contributed by atoms with Crippen molar-refractivity contribution in [3.05, 3.63) is 64.2 Å². The summed E-state index contributed by atoms with van der Waals surface area (Å²) in [4.78, 5) is 2.05. The van der Waals surface area contributed by atoms with Gasteiger partial charge in [-0.2, -0.15) is 0 Å². The molecule has 2 aromatic rings. The molecule has 2 aromatic carbocycles. The monoisotopic (exact) mass is 553 g/mol. The van der Waals surface area contributed by atoms with Gasteiger partial charge in [0.15, 0.2) is 17.4 Å². The van der Waals surface area contributed by atoms with Gasteiger partial charge in [0.1, 0.15) is 0 Å². The van der Waals surface area contributed by atoms with E-state index < -0.39 is 37.7 Å². The van der Waals surface area contributed by atoms with Gasteiger partial charge in [0.25, 0.3) is 8.32 Å². The van der Waals surface area contributed by atoms with Gasteiger partial charge in [-0.3, -0.25) is 4.90 Å². The summed E-state index contributed by atoms with van der Waals surface area (Å²) in [7, 11) is -2.55. The molecule has 0 bridgehead atoms. The first-order valence-corrected chi connectivity index (χ1v) is 15.8. The summed E-state index contributed by atoms with van der Waals surface area (Å²) in [6.45, 7) is 15.3. The molecule has 1 aliphatic rings. The van der Waals surface area contributed by atoms with E-state index in [0.717, 1.165) is 5.56 Å². The zero-order valence-corrected chi connectivity index (χ0v) is 24.8. The SMILES string of the molecule is CC(C)[Si](Oc1c(F)cc([C@@H](O)[C@@H](C)N2CCC(O)(c3ccc(Cl)cc3)CC2)cc1F)(C(C)C)C(C)C. The molecule has 0 unspecified atom stereocenters. The van der Waals surface area contributed by atoms with E-state index in [2.05, 4.69) is 41.5 Å². The van der Waals surface area contributed by atoms with E-state index in [1.54, 1.807) is 12.1 Å². The average molecular weight is 554 g/mol. The molecule has 0 spiro atoms. The molecule has 1 aliphatic heterocycles. The van der Waals surface area contributed by atoms with E-state index in [0.29, 0.717) is 31.0 Å². The molecule has 206 valence electrons. The van der Waals surface area contributed by atoms with E-state index in [1.807, 2.05) is 24.0 Å². The number of nitrogens with zero attached hydrogens (tertiary/aromatic N) is 1. The van der Waals surface area contributed by atoms with Gasteiger partial charge in [-0.05, 0) is 71.8 Å². The topological polar surface area (TPSA) is 52.9 Å². The Balaban J connectivity index is 1.76. The van der Waals surface area contributed by atoms with Crippen molar-refractivity contribution in [3.63, 3.8) is 0 Å². The molecule has 1 heterocycles. The molecule has 0 aliphatic carbocycles. The van der Waals surface area contributed by atoms with Crippen LogP contribution in [0, 0.1) is 11.6 Å². The minimum absolute atomic E-state index is 0.169. The Morgan fingerprint density at radius 3 is 1.78 bits per heavy atom. The van der Waals surface area contributed by atoms with E-state index in [4.69, 9.17) is 16.0 Å². The Morgan fingerprint density at radius 1 is 0.892 bits per heavy atom. The smallest absolute Gasteiger partial charge is 0.259 e. The Labute approximate surface area is 226 Å². The molecule has 0 radical (unpaired) electrons. The molecule has 37 heavy (non-hydrogen) atoms. The van der Waals surface area contributed by atoms with Gasteiger partial charge in [-0.15, -0.1) is 0 Å². The van der Waals surface area contributed by atoms with E-state index in [9.17, 15) is 10.2 Å². The van der Waals surface area contributed by atoms with Crippen molar-refractivity contribution in [2.75, 3.05) is 13.1 Å². The van der Waals surface area contributed by atoms with Gasteiger partial charge in [-0.1, -0.05) is 65.3 Å². The van der Waals surface area contributed by atoms with Crippen LogP contribution in [0.2, 0.25) is 21.6 Å². The van der Waals surface area contributed by atoms with Crippen LogP contribution in [0.15, 0.2) is 36.4 Å². The first-order chi connectivity index (χ1) is 17.2. The predicted molar refractivity (Wildman–Crippen MR) is 149 cm³/mol. The number of halogens is 3. The third-order valence-corrected chi connectivity index (χ3v) is 14.6. The molecule has 0 amide bonds. The normalized spacial score (nSPS) is 18.5. The molecule has 1 saturated heterocycles. The van der Waals surface area contributed by atoms with Crippen molar-refractivity contribution in [2.24, 2.45) is 0 Å². The lowest BCUT2D eigenvalue weighted by atomic mass is 9.83. The second-order valence-corrected chi connectivity index (χ2v) is 17.3. The molecule has 4 nitrogen and oxygen atoms in total. The van der Waals surface area contributed by atoms with Crippen molar-refractivity contribution in [1.82, 2.24) is 4.90 Å². The Bertz CT molecular complexity index is 1010. The number of aliphatic hydroxyl groups is 2. The van der Waals surface area contributed by atoms with Crippen LogP contribution in [0.5, 0.6) is 5.75 Å². The summed E-state index contributed by atoms with van der Waals surface area (Å²) in [5.74, 6) is -1.90. The average Bonchev–Trinajstić information content (AvgIpc) is 2.82. The maximum atomic E-state index is 15.3. The molecule has 1 fully saturated rings. The number of rotatable bonds is 9. The van der Waals surface area contributed by atoms with Crippen LogP contribution < -0.4 is 4.43 Å². The summed E-state index contributed by atoms with van der Waals surface area (Å²) in [5, 5.41) is 22.8. The highest BCUT2D eigenvalue weighted by Crippen LogP contribution is 2.44. The van der Waals surface area contributed by atoms with Gasteiger partial charge < -0.3 is 14.6 Å². The van der Waals surface area contributed by atoms with Gasteiger partial charge in [0.2, 0.25) is 0 Å². The van der Waals surface area contributed by atoms with Gasteiger partial charge in [0.05, 0.1) is 11.7 Å². The first kappa shape index (κ1) is 30.0. The van der Waals surface area contributed by atoms with Gasteiger partial charge >= 0.3 is 0 Å². The number of aliphatic hydroxyl groups excluding tert-OH is 1. The Morgan fingerprint density at radius 2 is 1.35 bits per heavy atom. The van der Waals surface area contributed by atoms with Gasteiger partial charge in [-0.25, -0.2) is 8.78 Å². The Kier molecular flexibility index (Phi) is 9.50. The highest BCUT2D eigenvalue weighted by Gasteiger charge is 2.48. The summed E-state index contributed by atoms with van der Waals surface area (Å²) >= 11 is 5.98. The van der Waals surface area contributed by atoms with E-state index >= 15 is 8.78 Å². The lowest BCUT2D eigenvalue weighted by Crippen LogP contribution is -2.51. The van der Waals surface area contributed by atoms with Crippen LogP contribution in [0.25, 0.3) is 0 Å². The molecular formula is C29H42ClF2NO3Si. The predicted octanol–water partition coefficient (Wildman–Crippen LogP) is 7.58. The van der Waals surface area contributed by atoms with Crippen molar-refractivity contribution < 1.29 is 23.4 Å². The fourth-order valence-corrected chi connectivity index (χ4v) is 11.6. The lowest BCUT2D eigenvalue weighted by Gasteiger charge is -2.43. The maximum Gasteiger partial charge on any atom is 0.259 e. The van der Waals surface area contributed by atoms with Crippen molar-refractivity contribution in [3.8, 4) is 5.75 Å². The second kappa shape index (κ2) is 11.7. The first-order valence-electron chi connectivity index (χ1n) is 13.3. The molecule has 2 N–H and O–H groups in total. The van der Waals surface area contributed by atoms with Crippen LogP contribution >= 0.6 is 11.6 Å². The van der Waals surface area contributed by atoms with Crippen LogP contribution in [0.4, 0.5) is 8.78 Å². The molecular weight excluding hydrogens is 512 g/mol. The highest BCUT2D eigenvalue weighted by atomic mass is 35.5. The maximum absolute atomic E-state index is 15.3. The zero-order valence-electron chi connectivity index (χ0n) is 23.1. The summed E-state index contributed by atoms with van der Waals surface area (Å²) in [5.41, 5.74) is 0.530. The van der Waals surface area contributed by atoms with Crippen molar-refractivity contribution in [1.29, 1.82) is 0 Å². The van der Waals surface area contributed by atoms with E-state index in [-0.39, 0.29) is 27.9 Å². The summed E-state index contributed by atoms with van der Waals surface area (Å²) in [6.07, 6.45) is -0.136. The fourth-order valence-electron chi connectivity index (χ4n) is 6.21. The summed E-state index contributed by atoms with van der Waals surface area (Å²) < 4.78 is 36.9. The van der Waals surface area contributed by atoms with Crippen LogP contribution in [-0.2, 0) is 5.60 Å². The minimum Gasteiger partial charge on any atom is -0.539 e. The van der Waals surface area contributed by atoms with Crippen LogP contribution in [-0.4, -0.2) is 42.6 Å². The van der Waals surface area contributed by atoms with Crippen molar-refractivity contribution in [2.45, 2.75) is 95.7 Å². The third-order valence-electron chi connectivity index (χ3n) is 8.39. The number of piperidine rings is 1. The highest BCUT2D eigenvalue weighted by molar-refractivity contribution is 6.78. The quantitative estimate of drug-likeness (QED) is 0.314. The number of hydrogen-bond acceptors (Lipinski definition) is 4. The van der Waals surface area contributed by atoms with Crippen LogP contribution in [0.3, 0.4) is 0 Å². The second-order valence-electron chi connectivity index (χ2n) is 11.5. The molecule has 0 aromatic heterocycles. The summed E-state index contributed by atoms with van der Waals surface area (Å²) in [6, 6.07) is 9.21. The Hall–Kier alpha value is -1.51. The third kappa shape index (κ3) is 6.06. The van der Waals surface area contributed by atoms with Crippen LogP contribution in [0.1, 0.15) is 78.5 Å². The fraction of sp³-hybridized carbons (Fsp3) is 0.586. The standard InChI is InChI=1S/C29H42ClF2NO3Si/c1-18(2)37(19(3)4,20(5)6)36-28-25(31)16-22(17-26(28)32)27(34)21(7)33-14-12-29(35,13-15-33)23-8-10-24(30)11-9-23/h8-11,16-21,27,34-35H,12-15H2,1-7H3/t21-,27+/m1/s1. The molecule has 2 atom stereocenters. The molecule has 0 saturated carbocycles. The number of likely N-dealkylation sites (tertiary alicyclic amines) is 1.